The normalized spacial score (nSPS) is 10.8. The van der Waals surface area contributed by atoms with Crippen molar-refractivity contribution in [3.05, 3.63) is 59.4 Å². The third-order valence-corrected chi connectivity index (χ3v) is 2.90. The Labute approximate surface area is 127 Å². The molecule has 0 aliphatic carbocycles. The largest absolute Gasteiger partial charge is 0.491 e. The van der Waals surface area contributed by atoms with Crippen LogP contribution in [-0.2, 0) is 0 Å². The summed E-state index contributed by atoms with van der Waals surface area (Å²) < 4.78 is 19.0. The van der Waals surface area contributed by atoms with E-state index in [1.807, 2.05) is 6.92 Å². The van der Waals surface area contributed by atoms with E-state index < -0.39 is 11.8 Å². The van der Waals surface area contributed by atoms with Crippen molar-refractivity contribution in [2.24, 2.45) is 4.99 Å². The van der Waals surface area contributed by atoms with Crippen molar-refractivity contribution in [2.45, 2.75) is 13.3 Å². The minimum atomic E-state index is -0.978. The van der Waals surface area contributed by atoms with Crippen molar-refractivity contribution in [3.8, 4) is 5.75 Å². The molecule has 22 heavy (non-hydrogen) atoms. The number of carboxylic acid groups (broad SMARTS) is 1. The summed E-state index contributed by atoms with van der Waals surface area (Å²) in [7, 11) is 0. The standard InChI is InChI=1S/C17H16FNO3/c1-2-9-22-16-8-7-14(10-15(16)18)19-11-12-3-5-13(6-4-12)17(20)21/h3-8,10-11H,2,9H2,1H3,(H,20,21). The number of ether oxygens (including phenoxy) is 1. The summed E-state index contributed by atoms with van der Waals surface area (Å²) >= 11 is 0. The quantitative estimate of drug-likeness (QED) is 0.818. The second-order valence-electron chi connectivity index (χ2n) is 4.65. The van der Waals surface area contributed by atoms with Gasteiger partial charge in [-0.1, -0.05) is 19.1 Å². The van der Waals surface area contributed by atoms with Crippen LogP contribution >= 0.6 is 0 Å². The molecule has 0 aromatic heterocycles. The Morgan fingerprint density at radius 3 is 2.59 bits per heavy atom. The molecule has 0 heterocycles. The molecule has 4 nitrogen and oxygen atoms in total. The van der Waals surface area contributed by atoms with Crippen molar-refractivity contribution >= 4 is 17.9 Å². The lowest BCUT2D eigenvalue weighted by Crippen LogP contribution is -1.97. The van der Waals surface area contributed by atoms with Gasteiger partial charge in [0.15, 0.2) is 11.6 Å². The van der Waals surface area contributed by atoms with Gasteiger partial charge < -0.3 is 9.84 Å². The Morgan fingerprint density at radius 2 is 2.00 bits per heavy atom. The van der Waals surface area contributed by atoms with Gasteiger partial charge in [-0.3, -0.25) is 4.99 Å². The first-order chi connectivity index (χ1) is 10.6. The van der Waals surface area contributed by atoms with E-state index in [-0.39, 0.29) is 11.3 Å². The number of nitrogens with zero attached hydrogens (tertiary/aromatic N) is 1. The highest BCUT2D eigenvalue weighted by Gasteiger charge is 2.04. The highest BCUT2D eigenvalue weighted by molar-refractivity contribution is 5.89. The third kappa shape index (κ3) is 4.15. The molecule has 2 aromatic rings. The number of benzene rings is 2. The average molecular weight is 301 g/mol. The number of aliphatic imine (C=N–C) groups is 1. The van der Waals surface area contributed by atoms with Crippen LogP contribution in [0.1, 0.15) is 29.3 Å². The summed E-state index contributed by atoms with van der Waals surface area (Å²) in [5, 5.41) is 8.81. The molecule has 1 N–H and O–H groups in total. The van der Waals surface area contributed by atoms with E-state index in [0.717, 1.165) is 12.0 Å². The topological polar surface area (TPSA) is 58.9 Å². The van der Waals surface area contributed by atoms with Crippen LogP contribution in [0.4, 0.5) is 10.1 Å². The van der Waals surface area contributed by atoms with Crippen LogP contribution in [0.3, 0.4) is 0 Å². The van der Waals surface area contributed by atoms with Gasteiger partial charge >= 0.3 is 5.97 Å². The maximum absolute atomic E-state index is 13.8. The van der Waals surface area contributed by atoms with Crippen molar-refractivity contribution in [2.75, 3.05) is 6.61 Å². The molecule has 0 amide bonds. The molecular weight excluding hydrogens is 285 g/mol. The molecule has 0 atom stereocenters. The predicted octanol–water partition coefficient (Wildman–Crippen LogP) is 4.06. The monoisotopic (exact) mass is 301 g/mol. The lowest BCUT2D eigenvalue weighted by Gasteiger charge is -2.05. The minimum absolute atomic E-state index is 0.209. The smallest absolute Gasteiger partial charge is 0.335 e. The first-order valence-electron chi connectivity index (χ1n) is 6.90. The summed E-state index contributed by atoms with van der Waals surface area (Å²) in [6.07, 6.45) is 2.36. The molecule has 0 bridgehead atoms. The van der Waals surface area contributed by atoms with Crippen LogP contribution in [-0.4, -0.2) is 23.9 Å². The minimum Gasteiger partial charge on any atom is -0.491 e. The van der Waals surface area contributed by atoms with Gasteiger partial charge in [0.05, 0.1) is 17.9 Å². The van der Waals surface area contributed by atoms with Crippen LogP contribution in [0.15, 0.2) is 47.5 Å². The molecule has 0 saturated carbocycles. The number of hydrogen-bond donors (Lipinski definition) is 1. The van der Waals surface area contributed by atoms with Gasteiger partial charge in [0, 0.05) is 12.3 Å². The predicted molar refractivity (Wildman–Crippen MR) is 82.8 cm³/mol. The van der Waals surface area contributed by atoms with Crippen LogP contribution in [0.2, 0.25) is 0 Å². The van der Waals surface area contributed by atoms with E-state index in [0.29, 0.717) is 12.3 Å². The SMILES string of the molecule is CCCOc1ccc(N=Cc2ccc(C(=O)O)cc2)cc1F. The summed E-state index contributed by atoms with van der Waals surface area (Å²) in [6.45, 7) is 2.42. The van der Waals surface area contributed by atoms with E-state index in [1.165, 1.54) is 18.2 Å². The fourth-order valence-corrected chi connectivity index (χ4v) is 1.76. The van der Waals surface area contributed by atoms with Gasteiger partial charge in [-0.15, -0.1) is 0 Å². The Hall–Kier alpha value is -2.69. The first-order valence-corrected chi connectivity index (χ1v) is 6.90. The van der Waals surface area contributed by atoms with Gasteiger partial charge in [0.2, 0.25) is 0 Å². The average Bonchev–Trinajstić information content (AvgIpc) is 2.52. The molecule has 5 heteroatoms. The number of carbonyl (C=O) groups is 1. The molecule has 0 spiro atoms. The fourth-order valence-electron chi connectivity index (χ4n) is 1.76. The highest BCUT2D eigenvalue weighted by atomic mass is 19.1. The third-order valence-electron chi connectivity index (χ3n) is 2.90. The number of rotatable bonds is 6. The van der Waals surface area contributed by atoms with Crippen LogP contribution in [0.25, 0.3) is 0 Å². The molecule has 114 valence electrons. The summed E-state index contributed by atoms with van der Waals surface area (Å²) in [4.78, 5) is 14.9. The van der Waals surface area contributed by atoms with Gasteiger partial charge in [0.25, 0.3) is 0 Å². The van der Waals surface area contributed by atoms with E-state index in [9.17, 15) is 9.18 Å². The van der Waals surface area contributed by atoms with Crippen LogP contribution in [0.5, 0.6) is 5.75 Å². The van der Waals surface area contributed by atoms with Gasteiger partial charge in [-0.25, -0.2) is 9.18 Å². The second kappa shape index (κ2) is 7.36. The van der Waals surface area contributed by atoms with Crippen molar-refractivity contribution in [3.63, 3.8) is 0 Å². The second-order valence-corrected chi connectivity index (χ2v) is 4.65. The summed E-state index contributed by atoms with van der Waals surface area (Å²) in [5.74, 6) is -1.22. The lowest BCUT2D eigenvalue weighted by molar-refractivity contribution is 0.0697. The molecule has 0 aliphatic heterocycles. The first kappa shape index (κ1) is 15.7. The number of aromatic carboxylic acids is 1. The highest BCUT2D eigenvalue weighted by Crippen LogP contribution is 2.23. The zero-order valence-electron chi connectivity index (χ0n) is 12.1. The maximum atomic E-state index is 13.8. The molecule has 0 saturated heterocycles. The number of hydrogen-bond acceptors (Lipinski definition) is 3. The van der Waals surface area contributed by atoms with Gasteiger partial charge in [0.1, 0.15) is 0 Å². The maximum Gasteiger partial charge on any atom is 0.335 e. The van der Waals surface area contributed by atoms with Crippen molar-refractivity contribution < 1.29 is 19.0 Å². The summed E-state index contributed by atoms with van der Waals surface area (Å²) in [5.41, 5.74) is 1.40. The lowest BCUT2D eigenvalue weighted by atomic mass is 10.1. The van der Waals surface area contributed by atoms with Crippen LogP contribution < -0.4 is 4.74 Å². The number of carboxylic acids is 1. The Bertz CT molecular complexity index is 681. The number of halogens is 1. The van der Waals surface area contributed by atoms with Gasteiger partial charge in [-0.05, 0) is 36.2 Å². The fraction of sp³-hybridized carbons (Fsp3) is 0.176. The summed E-state index contributed by atoms with van der Waals surface area (Å²) in [6, 6.07) is 10.8. The van der Waals surface area contributed by atoms with E-state index in [2.05, 4.69) is 4.99 Å². The van der Waals surface area contributed by atoms with Crippen molar-refractivity contribution in [1.29, 1.82) is 0 Å². The molecule has 2 rings (SSSR count). The van der Waals surface area contributed by atoms with Crippen LogP contribution in [0, 0.1) is 5.82 Å². The zero-order chi connectivity index (χ0) is 15.9. The Balaban J connectivity index is 2.09. The van der Waals surface area contributed by atoms with Crippen molar-refractivity contribution in [1.82, 2.24) is 0 Å². The molecule has 2 aromatic carbocycles. The Morgan fingerprint density at radius 1 is 1.27 bits per heavy atom. The molecule has 0 fully saturated rings. The van der Waals surface area contributed by atoms with E-state index >= 15 is 0 Å². The van der Waals surface area contributed by atoms with Gasteiger partial charge in [-0.2, -0.15) is 0 Å². The molecule has 0 unspecified atom stereocenters. The van der Waals surface area contributed by atoms with E-state index in [1.54, 1.807) is 30.5 Å². The Kier molecular flexibility index (Phi) is 5.25. The molecular formula is C17H16FNO3. The molecule has 0 radical (unpaired) electrons. The zero-order valence-corrected chi connectivity index (χ0v) is 12.1. The van der Waals surface area contributed by atoms with E-state index in [4.69, 9.17) is 9.84 Å². The molecule has 0 aliphatic rings.